The zero-order valence-corrected chi connectivity index (χ0v) is 65.1. The highest BCUT2D eigenvalue weighted by atomic mass is 16.8. The number of amides is 1. The average Bonchev–Trinajstić information content (AvgIpc) is 0.780. The molecule has 17 unspecified atom stereocenters. The summed E-state index contributed by atoms with van der Waals surface area (Å²) in [6.45, 7) is 1.60. The van der Waals surface area contributed by atoms with Crippen LogP contribution in [0.3, 0.4) is 0 Å². The second-order valence-corrected chi connectivity index (χ2v) is 28.8. The molecule has 17 atom stereocenters. The second kappa shape index (κ2) is 65.6. The van der Waals surface area contributed by atoms with E-state index in [1.165, 1.54) is 135 Å². The molecule has 19 nitrogen and oxygen atoms in total. The van der Waals surface area contributed by atoms with Crippen LogP contribution in [0.15, 0.2) is 134 Å². The van der Waals surface area contributed by atoms with Gasteiger partial charge in [0.05, 0.1) is 38.6 Å². The van der Waals surface area contributed by atoms with E-state index >= 15 is 0 Å². The van der Waals surface area contributed by atoms with Gasteiger partial charge in [-0.05, 0) is 109 Å². The van der Waals surface area contributed by atoms with E-state index in [9.17, 15) is 61.0 Å². The van der Waals surface area contributed by atoms with E-state index in [1.807, 2.05) is 6.08 Å². The summed E-state index contributed by atoms with van der Waals surface area (Å²) >= 11 is 0. The molecule has 3 heterocycles. The third kappa shape index (κ3) is 44.7. The van der Waals surface area contributed by atoms with Gasteiger partial charge in [-0.25, -0.2) is 0 Å². The molecule has 0 bridgehead atoms. The molecule has 12 N–H and O–H groups in total. The standard InChI is InChI=1S/C87H147NO18/c1-3-5-7-9-11-13-15-17-19-21-23-25-27-29-30-31-32-33-34-35-36-37-38-39-40-41-43-45-47-49-51-53-55-57-59-61-63-65-75(93)88-70(71(92)64-62-60-58-56-54-52-50-48-46-44-42-28-26-24-22-20-18-16-14-12-10-8-6-4-2)69-101-85-81(99)78(96)83(73(67-90)103-85)106-87-82(100)79(97)84(74(68-91)104-87)105-86-80(98)77(95)76(94)72(66-89)102-86/h5,7,11,13,17,19,23,25,29-30,32-33,35-36,38-39,46,48,54,56,62,64,70-74,76-87,89-92,94-100H,3-4,6,8-10,12,14-16,18,20-22,24,26-28,31,34,37,40-45,47,49-53,55,57-61,63,65-69H2,1-2H3,(H,88,93)/b7-5-,13-11-,19-17-,25-23-,30-29-,33-32-,36-35-,39-38-,48-46+,56-54+,64-62+. The molecule has 19 heteroatoms. The van der Waals surface area contributed by atoms with Crippen LogP contribution in [0.2, 0.25) is 0 Å². The number of carbonyl (C=O) groups excluding carboxylic acids is 1. The summed E-state index contributed by atoms with van der Waals surface area (Å²) in [5.74, 6) is -0.295. The molecule has 0 spiro atoms. The van der Waals surface area contributed by atoms with Crippen molar-refractivity contribution in [2.45, 2.75) is 381 Å². The van der Waals surface area contributed by atoms with Gasteiger partial charge in [0.1, 0.15) is 73.2 Å². The molecular weight excluding hydrogens is 1350 g/mol. The molecule has 3 fully saturated rings. The molecule has 0 aromatic carbocycles. The molecule has 3 rings (SSSR count). The maximum Gasteiger partial charge on any atom is 0.220 e. The number of carbonyl (C=O) groups is 1. The van der Waals surface area contributed by atoms with Crippen LogP contribution in [-0.4, -0.2) is 193 Å². The van der Waals surface area contributed by atoms with Crippen molar-refractivity contribution >= 4 is 5.91 Å². The Morgan fingerprint density at radius 2 is 0.660 bits per heavy atom. The lowest BCUT2D eigenvalue weighted by molar-refractivity contribution is -0.379. The highest BCUT2D eigenvalue weighted by molar-refractivity contribution is 5.76. The maximum absolute atomic E-state index is 13.5. The molecule has 608 valence electrons. The Balaban J connectivity index is 1.37. The summed E-state index contributed by atoms with van der Waals surface area (Å²) < 4.78 is 34.4. The summed E-state index contributed by atoms with van der Waals surface area (Å²) in [6, 6.07) is -1.01. The first-order valence-electron chi connectivity index (χ1n) is 41.4. The van der Waals surface area contributed by atoms with Crippen molar-refractivity contribution < 1.29 is 89.4 Å². The molecule has 3 saturated heterocycles. The minimum atomic E-state index is -1.99. The average molecular weight is 1500 g/mol. The number of allylic oxidation sites excluding steroid dienone is 21. The highest BCUT2D eigenvalue weighted by Crippen LogP contribution is 2.33. The van der Waals surface area contributed by atoms with Gasteiger partial charge >= 0.3 is 0 Å². The Morgan fingerprint density at radius 1 is 0.349 bits per heavy atom. The summed E-state index contributed by atoms with van der Waals surface area (Å²) in [5.41, 5.74) is 0. The molecule has 0 saturated carbocycles. The minimum Gasteiger partial charge on any atom is -0.394 e. The largest absolute Gasteiger partial charge is 0.394 e. The number of nitrogens with one attached hydrogen (secondary N) is 1. The summed E-state index contributed by atoms with van der Waals surface area (Å²) in [5, 5.41) is 121. The molecule has 3 aliphatic rings. The van der Waals surface area contributed by atoms with Crippen LogP contribution in [0, 0.1) is 0 Å². The third-order valence-electron chi connectivity index (χ3n) is 19.7. The zero-order valence-electron chi connectivity index (χ0n) is 65.1. The van der Waals surface area contributed by atoms with E-state index in [0.717, 1.165) is 109 Å². The SMILES string of the molecule is CC/C=C\C/C=C\C/C=C\C/C=C\C/C=C\C/C=C\C/C=C\C/C=C\CCCCCCCCCCCCCCC(=O)NC(COC1OC(CO)C(OC2OC(CO)C(OC3OC(CO)C(O)C(O)C3O)C(O)C2O)C(O)C1O)C(O)/C=C/CC/C=C/CC/C=C/CCCCCCCCCCCCCCCC. The van der Waals surface area contributed by atoms with Crippen LogP contribution in [0.25, 0.3) is 0 Å². The normalized spacial score (nSPS) is 26.4. The van der Waals surface area contributed by atoms with Crippen LogP contribution < -0.4 is 5.32 Å². The molecular formula is C87H147NO18. The van der Waals surface area contributed by atoms with Crippen molar-refractivity contribution in [2.75, 3.05) is 26.4 Å². The van der Waals surface area contributed by atoms with Gasteiger partial charge in [0.25, 0.3) is 0 Å². The van der Waals surface area contributed by atoms with Crippen molar-refractivity contribution in [3.63, 3.8) is 0 Å². The fraction of sp³-hybridized carbons (Fsp3) is 0.736. The minimum absolute atomic E-state index is 0.222. The van der Waals surface area contributed by atoms with Gasteiger partial charge in [-0.3, -0.25) is 4.79 Å². The van der Waals surface area contributed by atoms with Gasteiger partial charge in [0.2, 0.25) is 5.91 Å². The number of hydrogen-bond donors (Lipinski definition) is 12. The number of unbranched alkanes of at least 4 members (excludes halogenated alkanes) is 28. The fourth-order valence-corrected chi connectivity index (χ4v) is 13.1. The first kappa shape index (κ1) is 96.1. The fourth-order valence-electron chi connectivity index (χ4n) is 13.1. The summed E-state index contributed by atoms with van der Waals surface area (Å²) in [7, 11) is 0. The van der Waals surface area contributed by atoms with Gasteiger partial charge in [0.15, 0.2) is 18.9 Å². The van der Waals surface area contributed by atoms with Crippen molar-refractivity contribution in [1.29, 1.82) is 0 Å². The molecule has 0 aromatic heterocycles. The lowest BCUT2D eigenvalue weighted by Gasteiger charge is -2.48. The Morgan fingerprint density at radius 3 is 1.06 bits per heavy atom. The molecule has 0 aliphatic carbocycles. The van der Waals surface area contributed by atoms with Gasteiger partial charge in [-0.1, -0.05) is 295 Å². The van der Waals surface area contributed by atoms with Gasteiger partial charge in [-0.15, -0.1) is 0 Å². The second-order valence-electron chi connectivity index (χ2n) is 28.8. The number of rotatable bonds is 64. The number of aliphatic hydroxyl groups excluding tert-OH is 11. The van der Waals surface area contributed by atoms with Crippen LogP contribution in [-0.2, 0) is 33.2 Å². The smallest absolute Gasteiger partial charge is 0.220 e. The van der Waals surface area contributed by atoms with Gasteiger partial charge in [-0.2, -0.15) is 0 Å². The van der Waals surface area contributed by atoms with Crippen molar-refractivity contribution in [1.82, 2.24) is 5.32 Å². The summed E-state index contributed by atoms with van der Waals surface area (Å²) in [4.78, 5) is 13.5. The summed E-state index contributed by atoms with van der Waals surface area (Å²) in [6.07, 6.45) is 67.2. The lowest BCUT2D eigenvalue weighted by atomic mass is 9.96. The maximum atomic E-state index is 13.5. The number of hydrogen-bond acceptors (Lipinski definition) is 18. The van der Waals surface area contributed by atoms with E-state index in [0.29, 0.717) is 12.8 Å². The highest BCUT2D eigenvalue weighted by Gasteiger charge is 2.54. The zero-order chi connectivity index (χ0) is 76.7. The molecule has 3 aliphatic heterocycles. The van der Waals surface area contributed by atoms with E-state index in [1.54, 1.807) is 6.08 Å². The molecule has 1 amide bonds. The van der Waals surface area contributed by atoms with Crippen molar-refractivity contribution in [3.05, 3.63) is 134 Å². The third-order valence-corrected chi connectivity index (χ3v) is 19.7. The predicted octanol–water partition coefficient (Wildman–Crippen LogP) is 14.4. The van der Waals surface area contributed by atoms with E-state index in [4.69, 9.17) is 28.4 Å². The first-order valence-corrected chi connectivity index (χ1v) is 41.4. The van der Waals surface area contributed by atoms with E-state index < -0.39 is 124 Å². The predicted molar refractivity (Wildman–Crippen MR) is 424 cm³/mol. The Bertz CT molecular complexity index is 2440. The quantitative estimate of drug-likeness (QED) is 0.0199. The Labute approximate surface area is 639 Å². The van der Waals surface area contributed by atoms with Crippen LogP contribution in [0.5, 0.6) is 0 Å². The lowest BCUT2D eigenvalue weighted by Crippen LogP contribution is -2.66. The van der Waals surface area contributed by atoms with E-state index in [2.05, 4.69) is 141 Å². The molecule has 0 radical (unpaired) electrons. The van der Waals surface area contributed by atoms with Crippen molar-refractivity contribution in [3.8, 4) is 0 Å². The number of aliphatic hydroxyl groups is 11. The van der Waals surface area contributed by atoms with Gasteiger partial charge in [0, 0.05) is 6.42 Å². The first-order chi connectivity index (χ1) is 51.8. The molecule has 106 heavy (non-hydrogen) atoms. The Kier molecular flexibility index (Phi) is 59.5. The molecule has 0 aromatic rings. The number of ether oxygens (including phenoxy) is 6. The topological polar surface area (TPSA) is 307 Å². The van der Waals surface area contributed by atoms with Gasteiger partial charge < -0.3 is 89.9 Å². The van der Waals surface area contributed by atoms with Crippen molar-refractivity contribution in [2.24, 2.45) is 0 Å². The van der Waals surface area contributed by atoms with Crippen LogP contribution in [0.1, 0.15) is 277 Å². The van der Waals surface area contributed by atoms with E-state index in [-0.39, 0.29) is 18.9 Å². The monoisotopic (exact) mass is 1490 g/mol. The van der Waals surface area contributed by atoms with Crippen LogP contribution >= 0.6 is 0 Å². The van der Waals surface area contributed by atoms with Crippen LogP contribution in [0.4, 0.5) is 0 Å². The Hall–Kier alpha value is -4.07.